The number of hydrogen-bond acceptors (Lipinski definition) is 1. The first-order valence-corrected chi connectivity index (χ1v) is 1.34. The number of rotatable bonds is 0. The maximum Gasteiger partial charge on any atom is 0.313 e. The molecule has 0 amide bonds. The molecule has 0 aromatic rings. The van der Waals surface area contributed by atoms with Crippen molar-refractivity contribution >= 4 is 27.9 Å². The number of hydrogen-bond donors (Lipinski definition) is 0. The minimum atomic E-state index is -0.889. The summed E-state index contributed by atoms with van der Waals surface area (Å²) in [4.78, 5) is 8.98. The van der Waals surface area contributed by atoms with Crippen LogP contribution in [0.15, 0.2) is 0 Å². The van der Waals surface area contributed by atoms with E-state index in [9.17, 15) is 0 Å². The van der Waals surface area contributed by atoms with Crippen LogP contribution in [0.2, 0.25) is 0 Å². The van der Waals surface area contributed by atoms with Crippen LogP contribution < -0.4 is 0 Å². The van der Waals surface area contributed by atoms with Crippen LogP contribution in [0.1, 0.15) is 0 Å². The molecule has 0 heterocycles. The van der Waals surface area contributed by atoms with Crippen molar-refractivity contribution in [3.63, 3.8) is 0 Å². The van der Waals surface area contributed by atoms with Gasteiger partial charge in [0.1, 0.15) is 0 Å². The Bertz CT molecular complexity index is 32.6. The number of halogens is 2. The van der Waals surface area contributed by atoms with E-state index in [1.807, 2.05) is 0 Å². The van der Waals surface area contributed by atoms with Crippen molar-refractivity contribution in [1.82, 2.24) is 0 Å². The third-order valence-corrected chi connectivity index (χ3v) is 0. The van der Waals surface area contributed by atoms with E-state index in [2.05, 4.69) is 23.2 Å². The van der Waals surface area contributed by atoms with Gasteiger partial charge in [0.25, 0.3) is 0 Å². The molecule has 0 atom stereocenters. The normalized spacial score (nSPS) is 5.20. The van der Waals surface area contributed by atoms with Gasteiger partial charge in [-0.25, -0.2) is 0 Å². The van der Waals surface area contributed by atoms with Crippen LogP contribution in [-0.4, -0.2) is 4.70 Å². The van der Waals surface area contributed by atoms with E-state index in [4.69, 9.17) is 4.79 Å². The average Bonchev–Trinajstić information content (AvgIpc) is 0.811. The molecule has 5 heavy (non-hydrogen) atoms. The fourth-order valence-corrected chi connectivity index (χ4v) is 0. The molecule has 1 nitrogen and oxygen atoms in total. The summed E-state index contributed by atoms with van der Waals surface area (Å²) >= 11 is 8.80. The summed E-state index contributed by atoms with van der Waals surface area (Å²) in [5, 5.41) is 0. The summed E-state index contributed by atoms with van der Waals surface area (Å²) in [5.41, 5.74) is 0. The fraction of sp³-hybridized carbons (Fsp3) is 0. The van der Waals surface area contributed by atoms with Crippen LogP contribution in [-0.2, 0) is 20.1 Å². The molecule has 0 aromatic carbocycles. The van der Waals surface area contributed by atoms with E-state index < -0.39 is 4.70 Å². The maximum absolute atomic E-state index is 8.98. The molecule has 0 spiro atoms. The molecule has 0 saturated carbocycles. The Morgan fingerprint density at radius 1 is 1.40 bits per heavy atom. The minimum Gasteiger partial charge on any atom is -0.262 e. The topological polar surface area (TPSA) is 17.1 Å². The van der Waals surface area contributed by atoms with Crippen molar-refractivity contribution < 1.29 is 24.9 Å². The fourth-order valence-electron chi connectivity index (χ4n) is 0. The molecule has 1 radical (unpaired) electrons. The molecule has 0 unspecified atom stereocenters. The maximum atomic E-state index is 8.98. The van der Waals surface area contributed by atoms with Gasteiger partial charge in [-0.15, -0.1) is 0 Å². The van der Waals surface area contributed by atoms with Crippen molar-refractivity contribution in [2.75, 3.05) is 0 Å². The van der Waals surface area contributed by atoms with E-state index in [1.54, 1.807) is 0 Å². The molecule has 0 rings (SSSR count). The smallest absolute Gasteiger partial charge is 0.262 e. The summed E-state index contributed by atoms with van der Waals surface area (Å²) in [7, 11) is 0. The van der Waals surface area contributed by atoms with Crippen molar-refractivity contribution in [2.45, 2.75) is 0 Å². The van der Waals surface area contributed by atoms with Gasteiger partial charge in [-0.05, 0) is 23.2 Å². The van der Waals surface area contributed by atoms with E-state index in [0.717, 1.165) is 0 Å². The first-order valence-electron chi connectivity index (χ1n) is 0.582. The van der Waals surface area contributed by atoms with Gasteiger partial charge in [-0.3, -0.25) is 4.79 Å². The average molecular weight is 291 g/mol. The Hall–Kier alpha value is 0.899. The zero-order chi connectivity index (χ0) is 3.58. The Kier molecular flexibility index (Phi) is 9.13. The van der Waals surface area contributed by atoms with Crippen molar-refractivity contribution in [3.8, 4) is 0 Å². The molecule has 0 N–H and O–H groups in total. The number of carbonyl (C=O) groups excluding carboxylic acids is 1. The zero-order valence-electron chi connectivity index (χ0n) is 2.00. The first kappa shape index (κ1) is 9.31. The largest absolute Gasteiger partial charge is 0.313 e. The summed E-state index contributed by atoms with van der Waals surface area (Å²) < 4.78 is -0.889. The predicted molar refractivity (Wildman–Crippen MR) is 17.1 cm³/mol. The van der Waals surface area contributed by atoms with Gasteiger partial charge in [0, 0.05) is 20.1 Å². The Morgan fingerprint density at radius 3 is 1.40 bits per heavy atom. The van der Waals surface area contributed by atoms with Gasteiger partial charge in [0.2, 0.25) is 0 Å². The van der Waals surface area contributed by atoms with Crippen LogP contribution in [0.4, 0.5) is 4.79 Å². The second-order valence-electron chi connectivity index (χ2n) is 0.226. The Balaban J connectivity index is 0. The molecule has 0 aromatic heterocycles. The molecule has 0 fully saturated rings. The first-order chi connectivity index (χ1) is 1.73. The molecular weight excluding hydrogens is 291 g/mol. The second kappa shape index (κ2) is 4.90. The van der Waals surface area contributed by atoms with Crippen molar-refractivity contribution in [2.24, 2.45) is 0 Å². The number of carbonyl (C=O) groups is 1. The molecule has 33 valence electrons. The van der Waals surface area contributed by atoms with Crippen LogP contribution in [0.25, 0.3) is 0 Å². The van der Waals surface area contributed by atoms with Crippen LogP contribution >= 0.6 is 23.2 Å². The van der Waals surface area contributed by atoms with E-state index in [1.165, 1.54) is 0 Å². The molecule has 0 aliphatic carbocycles. The molecule has 4 heteroatoms. The quantitative estimate of drug-likeness (QED) is 0.619. The third-order valence-electron chi connectivity index (χ3n) is 0. The Morgan fingerprint density at radius 2 is 1.40 bits per heavy atom. The van der Waals surface area contributed by atoms with Gasteiger partial charge in [0.15, 0.2) is 0 Å². The predicted octanol–water partition coefficient (Wildman–Crippen LogP) is 1.58. The van der Waals surface area contributed by atoms with Crippen LogP contribution in [0.5, 0.6) is 0 Å². The van der Waals surface area contributed by atoms with Crippen molar-refractivity contribution in [3.05, 3.63) is 0 Å². The molecular formula is CCl2IrO. The second-order valence-corrected chi connectivity index (χ2v) is 1.11. The van der Waals surface area contributed by atoms with Crippen LogP contribution in [0, 0.1) is 0 Å². The zero-order valence-corrected chi connectivity index (χ0v) is 5.90. The summed E-state index contributed by atoms with van der Waals surface area (Å²) in [6.07, 6.45) is 0. The van der Waals surface area contributed by atoms with E-state index in [0.29, 0.717) is 0 Å². The molecule has 0 aliphatic rings. The van der Waals surface area contributed by atoms with Gasteiger partial charge in [-0.2, -0.15) is 0 Å². The third kappa shape index (κ3) is 50.9. The van der Waals surface area contributed by atoms with Gasteiger partial charge >= 0.3 is 4.70 Å². The van der Waals surface area contributed by atoms with Crippen LogP contribution in [0.3, 0.4) is 0 Å². The standard InChI is InChI=1S/CCl2O.Ir/c2-1(3)4;. The molecule has 0 saturated heterocycles. The van der Waals surface area contributed by atoms with Gasteiger partial charge in [0.05, 0.1) is 0 Å². The minimum absolute atomic E-state index is 0. The summed E-state index contributed by atoms with van der Waals surface area (Å²) in [6.45, 7) is 0. The van der Waals surface area contributed by atoms with Gasteiger partial charge < -0.3 is 0 Å². The monoisotopic (exact) mass is 291 g/mol. The van der Waals surface area contributed by atoms with E-state index >= 15 is 0 Å². The Labute approximate surface area is 53.0 Å². The molecule has 0 aliphatic heterocycles. The summed E-state index contributed by atoms with van der Waals surface area (Å²) in [5.74, 6) is 0. The van der Waals surface area contributed by atoms with E-state index in [-0.39, 0.29) is 20.1 Å². The van der Waals surface area contributed by atoms with Gasteiger partial charge in [-0.1, -0.05) is 0 Å². The molecule has 0 bridgehead atoms. The van der Waals surface area contributed by atoms with Crippen molar-refractivity contribution in [1.29, 1.82) is 0 Å². The summed E-state index contributed by atoms with van der Waals surface area (Å²) in [6, 6.07) is 0. The SMILES string of the molecule is O=C(Cl)Cl.[Ir].